The number of carboxylic acid groups (broad SMARTS) is 1. The molecule has 1 aromatic heterocycles. The van der Waals surface area contributed by atoms with Crippen LogP contribution in [0.5, 0.6) is 0 Å². The maximum absolute atomic E-state index is 13.1. The molecule has 0 atom stereocenters. The zero-order valence-electron chi connectivity index (χ0n) is 17.0. The van der Waals surface area contributed by atoms with Gasteiger partial charge in [-0.1, -0.05) is 62.4 Å². The van der Waals surface area contributed by atoms with Gasteiger partial charge in [0, 0.05) is 36.6 Å². The van der Waals surface area contributed by atoms with Gasteiger partial charge in [-0.15, -0.1) is 0 Å². The maximum Gasteiger partial charge on any atom is 0.303 e. The van der Waals surface area contributed by atoms with E-state index in [1.54, 1.807) is 0 Å². The van der Waals surface area contributed by atoms with Crippen LogP contribution in [0.25, 0.3) is 10.9 Å². The molecule has 0 unspecified atom stereocenters. The number of nitrogens with one attached hydrogen (secondary N) is 1. The van der Waals surface area contributed by atoms with Crippen LogP contribution in [0.15, 0.2) is 60.8 Å². The molecule has 0 aliphatic heterocycles. The first-order valence-electron chi connectivity index (χ1n) is 9.92. The molecule has 5 heteroatoms. The standard InChI is InChI=1S/C24H28N2O3/c1-24(2,15-23(28)29)14-22(27)26(17-18-8-4-3-5-9-18)13-12-19-16-25-21-11-7-6-10-20(19)21/h3-11,16,25H,12-15,17H2,1-2H3,(H,28,29). The third kappa shape index (κ3) is 5.70. The first-order valence-corrected chi connectivity index (χ1v) is 9.92. The number of fused-ring (bicyclic) bond motifs is 1. The van der Waals surface area contributed by atoms with Crippen molar-refractivity contribution in [1.29, 1.82) is 0 Å². The predicted octanol–water partition coefficient (Wildman–Crippen LogP) is 4.63. The summed E-state index contributed by atoms with van der Waals surface area (Å²) in [6, 6.07) is 18.0. The summed E-state index contributed by atoms with van der Waals surface area (Å²) < 4.78 is 0. The summed E-state index contributed by atoms with van der Waals surface area (Å²) >= 11 is 0. The number of aromatic nitrogens is 1. The Balaban J connectivity index is 1.75. The molecule has 0 radical (unpaired) electrons. The van der Waals surface area contributed by atoms with Gasteiger partial charge in [0.2, 0.25) is 5.91 Å². The molecule has 152 valence electrons. The minimum absolute atomic E-state index is 0.0139. The van der Waals surface area contributed by atoms with Crippen LogP contribution in [0, 0.1) is 5.41 Å². The Bertz CT molecular complexity index is 976. The highest BCUT2D eigenvalue weighted by molar-refractivity contribution is 5.83. The van der Waals surface area contributed by atoms with E-state index in [0.717, 1.165) is 17.5 Å². The number of carbonyl (C=O) groups excluding carboxylic acids is 1. The molecule has 2 aromatic carbocycles. The Kier molecular flexibility index (Phi) is 6.37. The number of H-pyrrole nitrogens is 1. The van der Waals surface area contributed by atoms with Crippen LogP contribution < -0.4 is 0 Å². The van der Waals surface area contributed by atoms with Gasteiger partial charge in [0.25, 0.3) is 0 Å². The van der Waals surface area contributed by atoms with Crippen LogP contribution in [0.2, 0.25) is 0 Å². The highest BCUT2D eigenvalue weighted by Gasteiger charge is 2.28. The fourth-order valence-electron chi connectivity index (χ4n) is 3.68. The van der Waals surface area contributed by atoms with Crippen molar-refractivity contribution in [3.8, 4) is 0 Å². The molecule has 0 saturated heterocycles. The number of carboxylic acids is 1. The van der Waals surface area contributed by atoms with E-state index in [4.69, 9.17) is 5.11 Å². The molecule has 3 rings (SSSR count). The third-order valence-corrected chi connectivity index (χ3v) is 5.15. The number of aromatic amines is 1. The Morgan fingerprint density at radius 3 is 2.41 bits per heavy atom. The van der Waals surface area contributed by atoms with E-state index >= 15 is 0 Å². The highest BCUT2D eigenvalue weighted by atomic mass is 16.4. The molecule has 0 bridgehead atoms. The Morgan fingerprint density at radius 1 is 1.00 bits per heavy atom. The Labute approximate surface area is 171 Å². The monoisotopic (exact) mass is 392 g/mol. The molecule has 29 heavy (non-hydrogen) atoms. The molecule has 0 aliphatic rings. The van der Waals surface area contributed by atoms with Gasteiger partial charge in [-0.25, -0.2) is 0 Å². The van der Waals surface area contributed by atoms with Crippen LogP contribution in [-0.4, -0.2) is 33.4 Å². The summed E-state index contributed by atoms with van der Waals surface area (Å²) in [5.41, 5.74) is 2.75. The smallest absolute Gasteiger partial charge is 0.303 e. The molecule has 0 aliphatic carbocycles. The van der Waals surface area contributed by atoms with Crippen molar-refractivity contribution in [1.82, 2.24) is 9.88 Å². The quantitative estimate of drug-likeness (QED) is 0.558. The lowest BCUT2D eigenvalue weighted by Gasteiger charge is -2.28. The van der Waals surface area contributed by atoms with Gasteiger partial charge >= 0.3 is 5.97 Å². The topological polar surface area (TPSA) is 73.4 Å². The van der Waals surface area contributed by atoms with Crippen molar-refractivity contribution < 1.29 is 14.7 Å². The van der Waals surface area contributed by atoms with Crippen LogP contribution in [0.3, 0.4) is 0 Å². The van der Waals surface area contributed by atoms with E-state index in [2.05, 4.69) is 11.1 Å². The average Bonchev–Trinajstić information content (AvgIpc) is 3.07. The normalized spacial score (nSPS) is 11.5. The maximum atomic E-state index is 13.1. The van der Waals surface area contributed by atoms with Crippen molar-refractivity contribution in [2.75, 3.05) is 6.54 Å². The molecular weight excluding hydrogens is 364 g/mol. The average molecular weight is 392 g/mol. The molecule has 0 spiro atoms. The van der Waals surface area contributed by atoms with Crippen LogP contribution >= 0.6 is 0 Å². The van der Waals surface area contributed by atoms with Gasteiger partial charge in [-0.05, 0) is 29.0 Å². The number of rotatable bonds is 9. The Hall–Kier alpha value is -3.08. The molecule has 0 saturated carbocycles. The molecule has 1 heterocycles. The number of carbonyl (C=O) groups is 2. The second-order valence-corrected chi connectivity index (χ2v) is 8.32. The lowest BCUT2D eigenvalue weighted by molar-refractivity contribution is -0.140. The van der Waals surface area contributed by atoms with Gasteiger partial charge in [0.05, 0.1) is 6.42 Å². The van der Waals surface area contributed by atoms with Crippen molar-refractivity contribution >= 4 is 22.8 Å². The van der Waals surface area contributed by atoms with Crippen LogP contribution in [0.1, 0.15) is 37.8 Å². The van der Waals surface area contributed by atoms with E-state index < -0.39 is 11.4 Å². The minimum Gasteiger partial charge on any atom is -0.481 e. The lowest BCUT2D eigenvalue weighted by Crippen LogP contribution is -2.36. The molecule has 3 aromatic rings. The fraction of sp³-hybridized carbons (Fsp3) is 0.333. The van der Waals surface area contributed by atoms with Crippen molar-refractivity contribution in [2.24, 2.45) is 5.41 Å². The van der Waals surface area contributed by atoms with Gasteiger partial charge < -0.3 is 15.0 Å². The van der Waals surface area contributed by atoms with E-state index in [-0.39, 0.29) is 18.7 Å². The number of hydrogen-bond acceptors (Lipinski definition) is 2. The van der Waals surface area contributed by atoms with Crippen molar-refractivity contribution in [3.63, 3.8) is 0 Å². The van der Waals surface area contributed by atoms with Gasteiger partial charge in [0.1, 0.15) is 0 Å². The van der Waals surface area contributed by atoms with Gasteiger partial charge in [-0.2, -0.15) is 0 Å². The lowest BCUT2D eigenvalue weighted by atomic mass is 9.85. The first-order chi connectivity index (χ1) is 13.8. The third-order valence-electron chi connectivity index (χ3n) is 5.15. The summed E-state index contributed by atoms with van der Waals surface area (Å²) in [6.45, 7) is 4.77. The Morgan fingerprint density at radius 2 is 1.69 bits per heavy atom. The van der Waals surface area contributed by atoms with Crippen molar-refractivity contribution in [2.45, 2.75) is 39.7 Å². The van der Waals surface area contributed by atoms with Gasteiger partial charge in [0.15, 0.2) is 0 Å². The van der Waals surface area contributed by atoms with Crippen LogP contribution in [-0.2, 0) is 22.6 Å². The van der Waals surface area contributed by atoms with Crippen LogP contribution in [0.4, 0.5) is 0 Å². The summed E-state index contributed by atoms with van der Waals surface area (Å²) in [5.74, 6) is -0.892. The van der Waals surface area contributed by atoms with E-state index in [0.29, 0.717) is 13.1 Å². The van der Waals surface area contributed by atoms with Gasteiger partial charge in [-0.3, -0.25) is 9.59 Å². The van der Waals surface area contributed by atoms with E-state index in [1.807, 2.05) is 73.5 Å². The molecule has 5 nitrogen and oxygen atoms in total. The second-order valence-electron chi connectivity index (χ2n) is 8.32. The van der Waals surface area contributed by atoms with Crippen molar-refractivity contribution in [3.05, 3.63) is 71.9 Å². The number of amides is 1. The summed E-state index contributed by atoms with van der Waals surface area (Å²) in [6.07, 6.45) is 2.92. The minimum atomic E-state index is -0.879. The highest BCUT2D eigenvalue weighted by Crippen LogP contribution is 2.27. The number of benzene rings is 2. The molecule has 2 N–H and O–H groups in total. The second kappa shape index (κ2) is 8.95. The molecule has 0 fully saturated rings. The predicted molar refractivity (Wildman–Crippen MR) is 115 cm³/mol. The number of aliphatic carboxylic acids is 1. The fourth-order valence-corrected chi connectivity index (χ4v) is 3.68. The zero-order valence-corrected chi connectivity index (χ0v) is 17.0. The summed E-state index contributed by atoms with van der Waals surface area (Å²) in [4.78, 5) is 29.4. The van der Waals surface area contributed by atoms with E-state index in [9.17, 15) is 9.59 Å². The molecular formula is C24H28N2O3. The largest absolute Gasteiger partial charge is 0.481 e. The summed E-state index contributed by atoms with van der Waals surface area (Å²) in [5, 5.41) is 10.3. The number of nitrogens with zero attached hydrogens (tertiary/aromatic N) is 1. The molecule has 1 amide bonds. The van der Waals surface area contributed by atoms with E-state index in [1.165, 1.54) is 10.9 Å². The first kappa shape index (κ1) is 20.6. The number of para-hydroxylation sites is 1. The zero-order chi connectivity index (χ0) is 20.9. The summed E-state index contributed by atoms with van der Waals surface area (Å²) in [7, 11) is 0. The SMILES string of the molecule is CC(C)(CC(=O)O)CC(=O)N(CCc1c[nH]c2ccccc12)Cc1ccccc1. The number of hydrogen-bond donors (Lipinski definition) is 2.